The first-order valence-electron chi connectivity index (χ1n) is 7.15. The van der Waals surface area contributed by atoms with Crippen molar-refractivity contribution in [2.75, 3.05) is 6.61 Å². The molecule has 1 aromatic heterocycles. The zero-order valence-electron chi connectivity index (χ0n) is 12.3. The Morgan fingerprint density at radius 2 is 2.18 bits per heavy atom. The maximum absolute atomic E-state index is 12.1. The molecule has 0 unspecified atom stereocenters. The summed E-state index contributed by atoms with van der Waals surface area (Å²) >= 11 is 0. The molecule has 1 amide bonds. The van der Waals surface area contributed by atoms with E-state index in [1.54, 1.807) is 0 Å². The van der Waals surface area contributed by atoms with Crippen LogP contribution in [0.3, 0.4) is 0 Å². The predicted molar refractivity (Wildman–Crippen MR) is 75.1 cm³/mol. The van der Waals surface area contributed by atoms with Crippen molar-refractivity contribution in [3.05, 3.63) is 47.1 Å². The Labute approximate surface area is 127 Å². The Morgan fingerprint density at radius 3 is 2.95 bits per heavy atom. The molecule has 0 saturated heterocycles. The van der Waals surface area contributed by atoms with E-state index >= 15 is 0 Å². The summed E-state index contributed by atoms with van der Waals surface area (Å²) in [5, 5.41) is 5.09. The van der Waals surface area contributed by atoms with E-state index in [1.165, 1.54) is 5.06 Å². The number of carbonyl (C=O) groups excluding carboxylic acids is 1. The van der Waals surface area contributed by atoms with Gasteiger partial charge in [-0.25, -0.2) is 5.06 Å². The van der Waals surface area contributed by atoms with Crippen LogP contribution < -0.4 is 0 Å². The van der Waals surface area contributed by atoms with Crippen LogP contribution in [-0.4, -0.2) is 27.7 Å². The fraction of sp³-hybridized carbons (Fsp3) is 0.400. The molecule has 2 aromatic rings. The number of benzene rings is 1. The van der Waals surface area contributed by atoms with Crippen molar-refractivity contribution in [3.63, 3.8) is 0 Å². The Kier molecular flexibility index (Phi) is 4.45. The number of aryl methyl sites for hydroxylation is 1. The molecule has 22 heavy (non-hydrogen) atoms. The zero-order valence-corrected chi connectivity index (χ0v) is 12.3. The predicted octanol–water partition coefficient (Wildman–Crippen LogP) is 1.62. The fourth-order valence-electron chi connectivity index (χ4n) is 2.15. The number of nitrogens with zero attached hydrogens (tertiary/aromatic N) is 3. The topological polar surface area (TPSA) is 77.7 Å². The van der Waals surface area contributed by atoms with Crippen molar-refractivity contribution >= 4 is 5.91 Å². The number of hydrogen-bond donors (Lipinski definition) is 0. The smallest absolute Gasteiger partial charge is 0.272 e. The minimum atomic E-state index is -0.232. The number of ether oxygens (including phenoxy) is 1. The summed E-state index contributed by atoms with van der Waals surface area (Å²) in [5.41, 5.74) is 2.19. The second-order valence-corrected chi connectivity index (χ2v) is 4.92. The molecule has 1 aliphatic heterocycles. The Morgan fingerprint density at radius 1 is 1.36 bits per heavy atom. The van der Waals surface area contributed by atoms with E-state index in [-0.39, 0.29) is 19.1 Å². The lowest BCUT2D eigenvalue weighted by Gasteiger charge is -2.27. The van der Waals surface area contributed by atoms with Gasteiger partial charge in [0.15, 0.2) is 5.82 Å². The number of hydroxylamine groups is 2. The van der Waals surface area contributed by atoms with Gasteiger partial charge in [-0.05, 0) is 11.1 Å². The van der Waals surface area contributed by atoms with E-state index in [1.807, 2.05) is 31.2 Å². The highest BCUT2D eigenvalue weighted by molar-refractivity contribution is 5.76. The second kappa shape index (κ2) is 6.67. The van der Waals surface area contributed by atoms with Crippen LogP contribution in [0.4, 0.5) is 0 Å². The molecule has 0 fully saturated rings. The van der Waals surface area contributed by atoms with E-state index in [0.717, 1.165) is 11.1 Å². The third-order valence-corrected chi connectivity index (χ3v) is 3.36. The van der Waals surface area contributed by atoms with E-state index in [9.17, 15) is 4.79 Å². The van der Waals surface area contributed by atoms with Crippen LogP contribution in [0.15, 0.2) is 28.8 Å². The number of carbonyl (C=O) groups is 1. The van der Waals surface area contributed by atoms with Crippen LogP contribution in [0.1, 0.15) is 29.8 Å². The SMILES string of the molecule is CCc1noc(COCC(=O)N2Cc3ccccc3CO2)n1. The number of hydrogen-bond acceptors (Lipinski definition) is 6. The minimum Gasteiger partial charge on any atom is -0.362 e. The highest BCUT2D eigenvalue weighted by Crippen LogP contribution is 2.19. The van der Waals surface area contributed by atoms with Gasteiger partial charge >= 0.3 is 0 Å². The van der Waals surface area contributed by atoms with Crippen molar-refractivity contribution in [2.24, 2.45) is 0 Å². The molecular formula is C15H17N3O4. The monoisotopic (exact) mass is 303 g/mol. The number of rotatable bonds is 5. The van der Waals surface area contributed by atoms with Crippen molar-refractivity contribution in [3.8, 4) is 0 Å². The summed E-state index contributed by atoms with van der Waals surface area (Å²) in [6, 6.07) is 7.89. The molecule has 0 aliphatic carbocycles. The molecule has 0 radical (unpaired) electrons. The Balaban J connectivity index is 1.48. The van der Waals surface area contributed by atoms with E-state index in [2.05, 4.69) is 10.1 Å². The highest BCUT2D eigenvalue weighted by Gasteiger charge is 2.21. The molecule has 0 spiro atoms. The maximum Gasteiger partial charge on any atom is 0.272 e. The van der Waals surface area contributed by atoms with Gasteiger partial charge in [-0.15, -0.1) is 0 Å². The van der Waals surface area contributed by atoms with Gasteiger partial charge in [-0.1, -0.05) is 36.3 Å². The normalized spacial score (nSPS) is 14.0. The summed E-state index contributed by atoms with van der Waals surface area (Å²) in [6.07, 6.45) is 0.698. The first kappa shape index (κ1) is 14.7. The lowest BCUT2D eigenvalue weighted by molar-refractivity contribution is -0.205. The summed E-state index contributed by atoms with van der Waals surface area (Å²) in [5.74, 6) is 0.764. The van der Waals surface area contributed by atoms with Gasteiger partial charge in [-0.3, -0.25) is 9.63 Å². The summed E-state index contributed by atoms with van der Waals surface area (Å²) in [6.45, 7) is 2.78. The summed E-state index contributed by atoms with van der Waals surface area (Å²) < 4.78 is 10.3. The lowest BCUT2D eigenvalue weighted by Crippen LogP contribution is -2.36. The first-order valence-corrected chi connectivity index (χ1v) is 7.15. The molecule has 116 valence electrons. The maximum atomic E-state index is 12.1. The highest BCUT2D eigenvalue weighted by atomic mass is 16.7. The number of fused-ring (bicyclic) bond motifs is 1. The molecule has 0 saturated carbocycles. The lowest BCUT2D eigenvalue weighted by atomic mass is 10.1. The van der Waals surface area contributed by atoms with E-state index in [0.29, 0.717) is 31.3 Å². The minimum absolute atomic E-state index is 0.0913. The molecule has 1 aromatic carbocycles. The van der Waals surface area contributed by atoms with E-state index in [4.69, 9.17) is 14.1 Å². The van der Waals surface area contributed by atoms with Crippen LogP contribution in [0.25, 0.3) is 0 Å². The van der Waals surface area contributed by atoms with Gasteiger partial charge in [-0.2, -0.15) is 4.98 Å². The molecule has 3 rings (SSSR count). The van der Waals surface area contributed by atoms with Crippen LogP contribution >= 0.6 is 0 Å². The average Bonchev–Trinajstić information content (AvgIpc) is 3.02. The number of amides is 1. The van der Waals surface area contributed by atoms with E-state index < -0.39 is 0 Å². The van der Waals surface area contributed by atoms with Crippen LogP contribution in [-0.2, 0) is 40.5 Å². The van der Waals surface area contributed by atoms with Crippen molar-refractivity contribution in [1.29, 1.82) is 0 Å². The Hall–Kier alpha value is -2.25. The largest absolute Gasteiger partial charge is 0.362 e. The molecule has 0 bridgehead atoms. The average molecular weight is 303 g/mol. The van der Waals surface area contributed by atoms with Gasteiger partial charge in [0.25, 0.3) is 11.8 Å². The molecule has 2 heterocycles. The third-order valence-electron chi connectivity index (χ3n) is 3.36. The summed E-state index contributed by atoms with van der Waals surface area (Å²) in [4.78, 5) is 21.6. The molecule has 7 heteroatoms. The zero-order chi connectivity index (χ0) is 15.4. The van der Waals surface area contributed by atoms with Gasteiger partial charge in [0, 0.05) is 6.42 Å². The first-order chi connectivity index (χ1) is 10.8. The number of aromatic nitrogens is 2. The van der Waals surface area contributed by atoms with Crippen molar-refractivity contribution < 1.29 is 18.9 Å². The quantitative estimate of drug-likeness (QED) is 0.835. The second-order valence-electron chi connectivity index (χ2n) is 4.92. The molecule has 0 N–H and O–H groups in total. The summed E-state index contributed by atoms with van der Waals surface area (Å²) in [7, 11) is 0. The molecular weight excluding hydrogens is 286 g/mol. The third kappa shape index (κ3) is 3.32. The standard InChI is InChI=1S/C15H17N3O4/c1-2-13-16-14(22-17-13)9-20-10-15(19)18-7-11-5-3-4-6-12(11)8-21-18/h3-6H,2,7-10H2,1H3. The van der Waals surface area contributed by atoms with Gasteiger partial charge in [0.2, 0.25) is 0 Å². The molecule has 1 aliphatic rings. The Bertz CT molecular complexity index is 656. The van der Waals surface area contributed by atoms with Crippen molar-refractivity contribution in [1.82, 2.24) is 15.2 Å². The van der Waals surface area contributed by atoms with Gasteiger partial charge < -0.3 is 9.26 Å². The van der Waals surface area contributed by atoms with Gasteiger partial charge in [0.05, 0.1) is 6.54 Å². The van der Waals surface area contributed by atoms with Gasteiger partial charge in [0.1, 0.15) is 19.8 Å². The fourth-order valence-corrected chi connectivity index (χ4v) is 2.15. The van der Waals surface area contributed by atoms with Crippen LogP contribution in [0.2, 0.25) is 0 Å². The molecule has 0 atom stereocenters. The van der Waals surface area contributed by atoms with Crippen molar-refractivity contribution in [2.45, 2.75) is 33.1 Å². The molecule has 7 nitrogen and oxygen atoms in total. The van der Waals surface area contributed by atoms with Crippen LogP contribution in [0.5, 0.6) is 0 Å². The van der Waals surface area contributed by atoms with Crippen LogP contribution in [0, 0.1) is 0 Å².